The number of primary amides is 1. The van der Waals surface area contributed by atoms with Gasteiger partial charge < -0.3 is 5.73 Å². The zero-order valence-electron chi connectivity index (χ0n) is 12.9. The Kier molecular flexibility index (Phi) is 3.56. The molecule has 0 bridgehead atoms. The molecule has 1 aliphatic carbocycles. The highest BCUT2D eigenvalue weighted by molar-refractivity contribution is 5.90. The number of H-pyrrole nitrogens is 1. The number of tetrazole rings is 1. The van der Waals surface area contributed by atoms with E-state index in [-0.39, 0.29) is 0 Å². The number of likely N-dealkylation sites (tertiary alicyclic amines) is 1. The first-order valence-electron chi connectivity index (χ1n) is 8.05. The largest absolute Gasteiger partial charge is 0.364 e. The van der Waals surface area contributed by atoms with Crippen molar-refractivity contribution in [2.45, 2.75) is 44.2 Å². The highest BCUT2D eigenvalue weighted by Gasteiger charge is 2.30. The molecule has 3 N–H and O–H groups in total. The molecule has 3 heterocycles. The smallest absolute Gasteiger partial charge is 0.269 e. The lowest BCUT2D eigenvalue weighted by molar-refractivity contribution is 0.0995. The predicted octanol–water partition coefficient (Wildman–Crippen LogP) is 0.210. The van der Waals surface area contributed by atoms with E-state index in [9.17, 15) is 4.79 Å². The molecule has 2 fully saturated rings. The Labute approximate surface area is 133 Å². The summed E-state index contributed by atoms with van der Waals surface area (Å²) in [4.78, 5) is 13.5. The lowest BCUT2D eigenvalue weighted by Crippen LogP contribution is -2.35. The second-order valence-electron chi connectivity index (χ2n) is 6.42. The normalized spacial score (nSPS) is 22.3. The number of hydrogen-bond acceptors (Lipinski definition) is 6. The molecule has 2 aromatic heterocycles. The molecule has 1 atom stereocenters. The fourth-order valence-electron chi connectivity index (χ4n) is 3.24. The van der Waals surface area contributed by atoms with Crippen molar-refractivity contribution in [1.82, 2.24) is 35.3 Å². The van der Waals surface area contributed by atoms with Gasteiger partial charge in [-0.3, -0.25) is 14.8 Å². The Morgan fingerprint density at radius 1 is 1.39 bits per heavy atom. The highest BCUT2D eigenvalue weighted by atomic mass is 16.1. The Balaban J connectivity index is 1.44. The zero-order valence-corrected chi connectivity index (χ0v) is 12.9. The number of aromatic nitrogens is 6. The van der Waals surface area contributed by atoms with E-state index in [1.54, 1.807) is 6.07 Å². The van der Waals surface area contributed by atoms with Crippen molar-refractivity contribution in [1.29, 1.82) is 0 Å². The molecule has 1 saturated heterocycles. The summed E-state index contributed by atoms with van der Waals surface area (Å²) in [5.41, 5.74) is 6.55. The topological polar surface area (TPSA) is 119 Å². The molecule has 122 valence electrons. The van der Waals surface area contributed by atoms with Gasteiger partial charge in [-0.25, -0.2) is 4.68 Å². The van der Waals surface area contributed by atoms with Crippen LogP contribution in [0.5, 0.6) is 0 Å². The summed E-state index contributed by atoms with van der Waals surface area (Å²) in [6.45, 7) is 2.69. The van der Waals surface area contributed by atoms with Crippen LogP contribution in [0.3, 0.4) is 0 Å². The van der Waals surface area contributed by atoms with Gasteiger partial charge in [0.1, 0.15) is 5.69 Å². The summed E-state index contributed by atoms with van der Waals surface area (Å²) in [6, 6.07) is 2.26. The monoisotopic (exact) mass is 316 g/mol. The van der Waals surface area contributed by atoms with Crippen LogP contribution in [0, 0.1) is 0 Å². The molecule has 9 nitrogen and oxygen atoms in total. The molecule has 0 unspecified atom stereocenters. The van der Waals surface area contributed by atoms with Crippen LogP contribution < -0.4 is 5.73 Å². The van der Waals surface area contributed by atoms with Gasteiger partial charge in [-0.2, -0.15) is 5.10 Å². The van der Waals surface area contributed by atoms with E-state index in [0.717, 1.165) is 44.0 Å². The Hall–Kier alpha value is -2.29. The summed E-state index contributed by atoms with van der Waals surface area (Å²) in [6.07, 6.45) is 4.51. The highest BCUT2D eigenvalue weighted by Crippen LogP contribution is 2.35. The van der Waals surface area contributed by atoms with E-state index >= 15 is 0 Å². The molecule has 2 aliphatic rings. The van der Waals surface area contributed by atoms with Crippen LogP contribution in [0.4, 0.5) is 0 Å². The van der Waals surface area contributed by atoms with Crippen LogP contribution in [0.15, 0.2) is 6.07 Å². The number of nitrogens with one attached hydrogen (secondary N) is 1. The molecule has 4 rings (SSSR count). The van der Waals surface area contributed by atoms with Crippen LogP contribution in [0.25, 0.3) is 0 Å². The van der Waals surface area contributed by atoms with Gasteiger partial charge in [-0.05, 0) is 48.7 Å². The molecule has 2 aromatic rings. The lowest BCUT2D eigenvalue weighted by atomic mass is 9.94. The second-order valence-corrected chi connectivity index (χ2v) is 6.42. The summed E-state index contributed by atoms with van der Waals surface area (Å²) in [5.74, 6) is 0.772. The summed E-state index contributed by atoms with van der Waals surface area (Å²) in [7, 11) is 0. The maximum absolute atomic E-state index is 11.2. The van der Waals surface area contributed by atoms with Crippen LogP contribution in [-0.4, -0.2) is 54.3 Å². The molecule has 1 saturated carbocycles. The van der Waals surface area contributed by atoms with Crippen LogP contribution in [0.2, 0.25) is 0 Å². The summed E-state index contributed by atoms with van der Waals surface area (Å²) in [5, 5.41) is 19.0. The fraction of sp³-hybridized carbons (Fsp3) is 0.643. The van der Waals surface area contributed by atoms with Crippen molar-refractivity contribution >= 4 is 5.91 Å². The fourth-order valence-corrected chi connectivity index (χ4v) is 3.24. The van der Waals surface area contributed by atoms with Crippen molar-refractivity contribution in [3.8, 4) is 0 Å². The molecule has 1 aliphatic heterocycles. The summed E-state index contributed by atoms with van der Waals surface area (Å²) < 4.78 is 1.96. The third-order valence-corrected chi connectivity index (χ3v) is 4.61. The van der Waals surface area contributed by atoms with Gasteiger partial charge in [0.05, 0.1) is 12.6 Å². The van der Waals surface area contributed by atoms with E-state index in [1.165, 1.54) is 12.8 Å². The number of carbonyl (C=O) groups excluding carboxylic acids is 1. The van der Waals surface area contributed by atoms with E-state index < -0.39 is 5.91 Å². The van der Waals surface area contributed by atoms with Gasteiger partial charge >= 0.3 is 0 Å². The van der Waals surface area contributed by atoms with Crippen LogP contribution in [0.1, 0.15) is 59.6 Å². The molecule has 0 aromatic carbocycles. The predicted molar refractivity (Wildman–Crippen MR) is 80.4 cm³/mol. The molecular weight excluding hydrogens is 296 g/mol. The molecule has 0 radical (unpaired) electrons. The Morgan fingerprint density at radius 3 is 3.00 bits per heavy atom. The number of hydrogen-bond donors (Lipinski definition) is 2. The average Bonchev–Trinajstić information content (AvgIpc) is 3.09. The maximum atomic E-state index is 11.2. The number of carbonyl (C=O) groups is 1. The minimum absolute atomic E-state index is 0.301. The number of nitrogens with two attached hydrogens (primary N) is 1. The van der Waals surface area contributed by atoms with E-state index in [2.05, 4.69) is 30.6 Å². The van der Waals surface area contributed by atoms with E-state index in [0.29, 0.717) is 17.7 Å². The molecule has 9 heteroatoms. The first-order chi connectivity index (χ1) is 11.2. The van der Waals surface area contributed by atoms with Gasteiger partial charge in [-0.1, -0.05) is 0 Å². The van der Waals surface area contributed by atoms with Gasteiger partial charge in [-0.15, -0.1) is 5.10 Å². The van der Waals surface area contributed by atoms with Crippen molar-refractivity contribution in [3.63, 3.8) is 0 Å². The van der Waals surface area contributed by atoms with Gasteiger partial charge in [0.25, 0.3) is 5.91 Å². The second kappa shape index (κ2) is 5.73. The first-order valence-corrected chi connectivity index (χ1v) is 8.05. The zero-order chi connectivity index (χ0) is 15.8. The lowest BCUT2D eigenvalue weighted by Gasteiger charge is -2.31. The van der Waals surface area contributed by atoms with Gasteiger partial charge in [0.2, 0.25) is 0 Å². The van der Waals surface area contributed by atoms with Crippen LogP contribution >= 0.6 is 0 Å². The number of rotatable bonds is 5. The maximum Gasteiger partial charge on any atom is 0.269 e. The number of piperidine rings is 1. The van der Waals surface area contributed by atoms with Crippen LogP contribution in [-0.2, 0) is 6.54 Å². The minimum atomic E-state index is -0.497. The van der Waals surface area contributed by atoms with E-state index in [4.69, 9.17) is 5.73 Å². The molecule has 0 spiro atoms. The van der Waals surface area contributed by atoms with E-state index in [1.807, 2.05) is 4.68 Å². The number of amides is 1. The third-order valence-electron chi connectivity index (χ3n) is 4.61. The molecule has 1 amide bonds. The molecular formula is C14H20N8O. The van der Waals surface area contributed by atoms with Gasteiger partial charge in [0.15, 0.2) is 5.82 Å². The Morgan fingerprint density at radius 2 is 2.26 bits per heavy atom. The molecule has 23 heavy (non-hydrogen) atoms. The summed E-state index contributed by atoms with van der Waals surface area (Å²) >= 11 is 0. The third kappa shape index (κ3) is 2.96. The number of nitrogens with zero attached hydrogens (tertiary/aromatic N) is 6. The standard InChI is InChI=1S/C14H20N8O/c15-14(23)12-6-11(16-17-12)9-2-1-5-21(7-9)8-13-18-19-20-22(13)10-3-4-10/h6,9-10H,1-5,7-8H2,(H2,15,23)(H,16,17)/t9-/m1/s1. The number of aromatic amines is 1. The first kappa shape index (κ1) is 14.3. The van der Waals surface area contributed by atoms with Crippen molar-refractivity contribution < 1.29 is 4.79 Å². The van der Waals surface area contributed by atoms with Gasteiger partial charge in [0, 0.05) is 18.2 Å². The van der Waals surface area contributed by atoms with Crippen molar-refractivity contribution in [2.24, 2.45) is 5.73 Å². The minimum Gasteiger partial charge on any atom is -0.364 e. The quantitative estimate of drug-likeness (QED) is 0.814. The Bertz CT molecular complexity index is 703. The van der Waals surface area contributed by atoms with Crippen molar-refractivity contribution in [2.75, 3.05) is 13.1 Å². The average molecular weight is 316 g/mol. The van der Waals surface area contributed by atoms with Crippen molar-refractivity contribution in [3.05, 3.63) is 23.3 Å². The SMILES string of the molecule is NC(=O)c1cc([C@@H]2CCCN(Cc3nnnn3C3CC3)C2)[nH]n1.